The topological polar surface area (TPSA) is 24.7 Å². The van der Waals surface area contributed by atoms with Gasteiger partial charge in [-0.3, -0.25) is 0 Å². The van der Waals surface area contributed by atoms with Crippen LogP contribution < -0.4 is 14.4 Å². The van der Waals surface area contributed by atoms with Crippen molar-refractivity contribution in [3.05, 3.63) is 144 Å². The van der Waals surface area contributed by atoms with E-state index in [-0.39, 0.29) is 10.8 Å². The van der Waals surface area contributed by atoms with Crippen LogP contribution >= 0.6 is 0 Å². The molecule has 0 radical (unpaired) electrons. The van der Waals surface area contributed by atoms with E-state index in [0.717, 1.165) is 37.4 Å². The van der Waals surface area contributed by atoms with E-state index < -0.39 is 0 Å². The lowest BCUT2D eigenvalue weighted by atomic mass is 9.81. The molecule has 4 aromatic rings. The standard InChI is InChI=1S/C41H45N2O2/c1-40(2)34-22-11-13-24-36(34)42(28-16-30-44-32-18-7-5-8-19-32)38(40)26-15-27-39-41(3,4)35-23-12-14-25-37(35)43(39)29-17-31-45-33-20-9-6-10-21-33/h5-15,18-27H,16-17,28-31H2,1-4H3/q+1. The zero-order valence-corrected chi connectivity index (χ0v) is 27.1. The first-order valence-electron chi connectivity index (χ1n) is 16.2. The summed E-state index contributed by atoms with van der Waals surface area (Å²) in [6.07, 6.45) is 8.80. The second-order valence-electron chi connectivity index (χ2n) is 12.9. The van der Waals surface area contributed by atoms with E-state index in [0.29, 0.717) is 13.2 Å². The molecule has 0 N–H and O–H groups in total. The van der Waals surface area contributed by atoms with E-state index in [1.54, 1.807) is 0 Å². The second kappa shape index (κ2) is 13.2. The van der Waals surface area contributed by atoms with Gasteiger partial charge in [0.25, 0.3) is 0 Å². The molecule has 6 rings (SSSR count). The number of para-hydroxylation sites is 4. The Kier molecular flexibility index (Phi) is 8.93. The van der Waals surface area contributed by atoms with Crippen molar-refractivity contribution >= 4 is 17.1 Å². The Hall–Kier alpha value is -4.57. The normalized spacial score (nSPS) is 17.2. The Bertz CT molecular complexity index is 1700. The molecule has 45 heavy (non-hydrogen) atoms. The highest BCUT2D eigenvalue weighted by molar-refractivity contribution is 6.03. The minimum atomic E-state index is -0.103. The molecule has 230 valence electrons. The predicted octanol–water partition coefficient (Wildman–Crippen LogP) is 9.24. The van der Waals surface area contributed by atoms with Gasteiger partial charge < -0.3 is 14.4 Å². The van der Waals surface area contributed by atoms with E-state index in [1.165, 1.54) is 33.9 Å². The lowest BCUT2D eigenvalue weighted by molar-refractivity contribution is -0.438. The number of benzene rings is 4. The van der Waals surface area contributed by atoms with Gasteiger partial charge in [-0.25, -0.2) is 0 Å². The van der Waals surface area contributed by atoms with E-state index >= 15 is 0 Å². The summed E-state index contributed by atoms with van der Waals surface area (Å²) in [6.45, 7) is 12.5. The Morgan fingerprint density at radius 3 is 1.91 bits per heavy atom. The van der Waals surface area contributed by atoms with Crippen molar-refractivity contribution in [3.8, 4) is 11.5 Å². The number of anilines is 1. The van der Waals surface area contributed by atoms with Crippen LogP contribution in [-0.2, 0) is 10.8 Å². The monoisotopic (exact) mass is 597 g/mol. The number of hydrogen-bond donors (Lipinski definition) is 0. The molecule has 4 aromatic carbocycles. The lowest BCUT2D eigenvalue weighted by Gasteiger charge is -2.27. The zero-order valence-electron chi connectivity index (χ0n) is 27.1. The number of hydrogen-bond acceptors (Lipinski definition) is 3. The Morgan fingerprint density at radius 2 is 1.22 bits per heavy atom. The highest BCUT2D eigenvalue weighted by Gasteiger charge is 2.44. The fourth-order valence-electron chi connectivity index (χ4n) is 6.85. The van der Waals surface area contributed by atoms with Crippen molar-refractivity contribution in [2.75, 3.05) is 31.2 Å². The van der Waals surface area contributed by atoms with Gasteiger partial charge in [-0.1, -0.05) is 92.7 Å². The molecule has 2 aliphatic rings. The van der Waals surface area contributed by atoms with Gasteiger partial charge in [0.1, 0.15) is 11.5 Å². The fourth-order valence-corrected chi connectivity index (χ4v) is 6.85. The van der Waals surface area contributed by atoms with Gasteiger partial charge in [0, 0.05) is 47.5 Å². The molecular formula is C41H45N2O2+. The van der Waals surface area contributed by atoms with Crippen molar-refractivity contribution in [2.24, 2.45) is 0 Å². The lowest BCUT2D eigenvalue weighted by Crippen LogP contribution is -2.29. The van der Waals surface area contributed by atoms with Gasteiger partial charge in [-0.2, -0.15) is 4.58 Å². The smallest absolute Gasteiger partial charge is 0.209 e. The molecule has 0 saturated heterocycles. The average molecular weight is 598 g/mol. The van der Waals surface area contributed by atoms with Crippen molar-refractivity contribution in [2.45, 2.75) is 51.4 Å². The van der Waals surface area contributed by atoms with Crippen LogP contribution in [0.5, 0.6) is 11.5 Å². The van der Waals surface area contributed by atoms with Crippen LogP contribution in [0.25, 0.3) is 0 Å². The fraction of sp³-hybridized carbons (Fsp3) is 0.293. The molecule has 0 aromatic heterocycles. The molecule has 0 atom stereocenters. The van der Waals surface area contributed by atoms with Crippen LogP contribution in [-0.4, -0.2) is 36.6 Å². The van der Waals surface area contributed by atoms with Crippen molar-refractivity contribution in [1.29, 1.82) is 0 Å². The first-order valence-corrected chi connectivity index (χ1v) is 16.2. The minimum Gasteiger partial charge on any atom is -0.494 e. The maximum Gasteiger partial charge on any atom is 0.209 e. The summed E-state index contributed by atoms with van der Waals surface area (Å²) in [5.41, 5.74) is 7.76. The molecule has 0 saturated carbocycles. The first kappa shape index (κ1) is 30.5. The molecule has 2 aliphatic heterocycles. The van der Waals surface area contributed by atoms with Gasteiger partial charge in [0.15, 0.2) is 12.3 Å². The number of fused-ring (bicyclic) bond motifs is 2. The van der Waals surface area contributed by atoms with Gasteiger partial charge in [0.05, 0.1) is 18.6 Å². The van der Waals surface area contributed by atoms with Crippen molar-refractivity contribution < 1.29 is 14.0 Å². The summed E-state index contributed by atoms with van der Waals surface area (Å²) in [4.78, 5) is 2.49. The molecule has 2 heterocycles. The maximum absolute atomic E-state index is 6.04. The third-order valence-electron chi connectivity index (χ3n) is 9.18. The predicted molar refractivity (Wildman–Crippen MR) is 186 cm³/mol. The van der Waals surface area contributed by atoms with Crippen molar-refractivity contribution in [1.82, 2.24) is 0 Å². The van der Waals surface area contributed by atoms with E-state index in [4.69, 9.17) is 9.47 Å². The van der Waals surface area contributed by atoms with Gasteiger partial charge in [-0.15, -0.1) is 0 Å². The Labute approximate surface area is 269 Å². The largest absolute Gasteiger partial charge is 0.494 e. The Balaban J connectivity index is 1.24. The van der Waals surface area contributed by atoms with Crippen LogP contribution in [0.2, 0.25) is 0 Å². The Morgan fingerprint density at radius 1 is 0.644 bits per heavy atom. The summed E-state index contributed by atoms with van der Waals surface area (Å²) in [7, 11) is 0. The molecular weight excluding hydrogens is 552 g/mol. The maximum atomic E-state index is 6.04. The summed E-state index contributed by atoms with van der Waals surface area (Å²) in [6, 6.07) is 37.8. The number of ether oxygens (including phenoxy) is 2. The van der Waals surface area contributed by atoms with Crippen molar-refractivity contribution in [3.63, 3.8) is 0 Å². The summed E-state index contributed by atoms with van der Waals surface area (Å²) < 4.78 is 14.6. The van der Waals surface area contributed by atoms with Crippen LogP contribution in [0.3, 0.4) is 0 Å². The second-order valence-corrected chi connectivity index (χ2v) is 12.9. The molecule has 0 bridgehead atoms. The first-order chi connectivity index (χ1) is 21.9. The van der Waals surface area contributed by atoms with Gasteiger partial charge >= 0.3 is 0 Å². The highest BCUT2D eigenvalue weighted by atomic mass is 16.5. The summed E-state index contributed by atoms with van der Waals surface area (Å²) in [5.74, 6) is 1.85. The van der Waals surface area contributed by atoms with Gasteiger partial charge in [-0.05, 0) is 62.2 Å². The molecule has 0 aliphatic carbocycles. The van der Waals surface area contributed by atoms with Crippen LogP contribution in [0.15, 0.2) is 133 Å². The quantitative estimate of drug-likeness (QED) is 0.120. The highest BCUT2D eigenvalue weighted by Crippen LogP contribution is 2.47. The van der Waals surface area contributed by atoms with Crippen LogP contribution in [0.1, 0.15) is 51.7 Å². The molecule has 0 amide bonds. The van der Waals surface area contributed by atoms with E-state index in [9.17, 15) is 0 Å². The molecule has 4 heteroatoms. The van der Waals surface area contributed by atoms with E-state index in [1.807, 2.05) is 60.7 Å². The third kappa shape index (κ3) is 6.33. The molecule has 0 unspecified atom stereocenters. The van der Waals surface area contributed by atoms with Crippen LogP contribution in [0.4, 0.5) is 11.4 Å². The molecule has 0 spiro atoms. The summed E-state index contributed by atoms with van der Waals surface area (Å²) >= 11 is 0. The average Bonchev–Trinajstić information content (AvgIpc) is 3.41. The van der Waals surface area contributed by atoms with E-state index in [2.05, 4.69) is 104 Å². The molecule has 0 fully saturated rings. The third-order valence-corrected chi connectivity index (χ3v) is 9.18. The number of rotatable bonds is 12. The van der Waals surface area contributed by atoms with Crippen LogP contribution in [0, 0.1) is 0 Å². The number of allylic oxidation sites excluding steroid dienone is 4. The zero-order chi connectivity index (χ0) is 31.3. The molecule has 4 nitrogen and oxygen atoms in total. The number of nitrogens with zero attached hydrogens (tertiary/aromatic N) is 2. The minimum absolute atomic E-state index is 0.103. The van der Waals surface area contributed by atoms with Gasteiger partial charge in [0.2, 0.25) is 5.69 Å². The SMILES string of the molecule is CC1(C)C(=CC=CC2=[N+](CCCOc3ccccc3)c3ccccc3C2(C)C)N(CCCOc2ccccc2)c2ccccc21. The summed E-state index contributed by atoms with van der Waals surface area (Å²) in [5, 5.41) is 0.